The highest BCUT2D eigenvalue weighted by atomic mass is 32.2. The molecule has 1 atom stereocenters. The van der Waals surface area contributed by atoms with E-state index in [2.05, 4.69) is 4.90 Å². The van der Waals surface area contributed by atoms with E-state index in [-0.39, 0.29) is 17.5 Å². The molecule has 1 aromatic carbocycles. The lowest BCUT2D eigenvalue weighted by atomic mass is 10.2. The summed E-state index contributed by atoms with van der Waals surface area (Å²) in [6, 6.07) is 11.2. The van der Waals surface area contributed by atoms with E-state index >= 15 is 0 Å². The van der Waals surface area contributed by atoms with Gasteiger partial charge in [0.25, 0.3) is 0 Å². The minimum Gasteiger partial charge on any atom is -0.408 e. The van der Waals surface area contributed by atoms with Crippen LogP contribution in [0.2, 0.25) is 0 Å². The van der Waals surface area contributed by atoms with Crippen molar-refractivity contribution in [3.63, 3.8) is 0 Å². The van der Waals surface area contributed by atoms with Crippen molar-refractivity contribution in [1.29, 1.82) is 0 Å². The van der Waals surface area contributed by atoms with Crippen LogP contribution < -0.4 is 5.76 Å². The molecule has 0 spiro atoms. The number of nitrogens with zero attached hydrogens (tertiary/aromatic N) is 2. The van der Waals surface area contributed by atoms with Crippen LogP contribution in [0.15, 0.2) is 51.0 Å². The van der Waals surface area contributed by atoms with Gasteiger partial charge in [0.15, 0.2) is 15.4 Å². The van der Waals surface area contributed by atoms with Gasteiger partial charge in [-0.1, -0.05) is 18.2 Å². The molecule has 25 heavy (non-hydrogen) atoms. The Hall–Kier alpha value is -1.90. The lowest BCUT2D eigenvalue weighted by molar-refractivity contribution is 0.154. The van der Waals surface area contributed by atoms with Gasteiger partial charge in [0.2, 0.25) is 0 Å². The van der Waals surface area contributed by atoms with E-state index in [4.69, 9.17) is 4.42 Å². The van der Waals surface area contributed by atoms with Crippen LogP contribution in [0, 0.1) is 0 Å². The summed E-state index contributed by atoms with van der Waals surface area (Å²) in [5, 5.41) is 2.00. The number of oxazole rings is 1. The monoisotopic (exact) mass is 378 g/mol. The van der Waals surface area contributed by atoms with E-state index in [1.54, 1.807) is 22.0 Å². The minimum absolute atomic E-state index is 0.0901. The third-order valence-electron chi connectivity index (χ3n) is 4.56. The number of benzene rings is 1. The van der Waals surface area contributed by atoms with Gasteiger partial charge >= 0.3 is 5.76 Å². The molecular weight excluding hydrogens is 360 g/mol. The van der Waals surface area contributed by atoms with Crippen LogP contribution in [-0.2, 0) is 23.1 Å². The van der Waals surface area contributed by atoms with Gasteiger partial charge in [-0.3, -0.25) is 9.47 Å². The van der Waals surface area contributed by atoms with Crippen molar-refractivity contribution in [3.8, 4) is 0 Å². The summed E-state index contributed by atoms with van der Waals surface area (Å²) in [6.45, 7) is 0.928. The molecule has 132 valence electrons. The standard InChI is InChI=1S/C17H18N2O4S2/c20-17-19(15-5-1-2-6-16(15)23-17)12-18(10-14-4-3-8-24-14)13-7-9-25(21,22)11-13/h1-6,8,13H,7,9-12H2/t13-/m1/s1. The number of para-hydroxylation sites is 2. The summed E-state index contributed by atoms with van der Waals surface area (Å²) in [4.78, 5) is 15.5. The SMILES string of the molecule is O=c1oc2ccccc2n1CN(Cc1cccs1)[C@@H]1CCS(=O)(=O)C1. The number of fused-ring (bicyclic) bond motifs is 1. The van der Waals surface area contributed by atoms with Gasteiger partial charge in [0, 0.05) is 17.5 Å². The Morgan fingerprint density at radius 1 is 1.24 bits per heavy atom. The number of thiophene rings is 1. The van der Waals surface area contributed by atoms with Crippen molar-refractivity contribution in [2.24, 2.45) is 0 Å². The third-order valence-corrected chi connectivity index (χ3v) is 7.17. The topological polar surface area (TPSA) is 72.5 Å². The lowest BCUT2D eigenvalue weighted by Gasteiger charge is -2.27. The van der Waals surface area contributed by atoms with Crippen LogP contribution in [0.25, 0.3) is 11.1 Å². The van der Waals surface area contributed by atoms with Crippen molar-refractivity contribution in [2.75, 3.05) is 11.5 Å². The first kappa shape index (κ1) is 16.6. The Morgan fingerprint density at radius 2 is 2.08 bits per heavy atom. The van der Waals surface area contributed by atoms with Gasteiger partial charge in [0.1, 0.15) is 0 Å². The second-order valence-electron chi connectivity index (χ2n) is 6.29. The number of hydrogen-bond acceptors (Lipinski definition) is 6. The predicted octanol–water partition coefficient (Wildman–Crippen LogP) is 2.30. The summed E-state index contributed by atoms with van der Waals surface area (Å²) in [5.41, 5.74) is 1.27. The van der Waals surface area contributed by atoms with Crippen LogP contribution in [0.5, 0.6) is 0 Å². The summed E-state index contributed by atoms with van der Waals surface area (Å²) < 4.78 is 30.7. The summed E-state index contributed by atoms with van der Waals surface area (Å²) in [7, 11) is -3.00. The average molecular weight is 378 g/mol. The molecule has 6 nitrogen and oxygen atoms in total. The van der Waals surface area contributed by atoms with Crippen LogP contribution in [0.1, 0.15) is 11.3 Å². The molecule has 0 aliphatic carbocycles. The molecule has 0 N–H and O–H groups in total. The fraction of sp³-hybridized carbons (Fsp3) is 0.353. The number of hydrogen-bond donors (Lipinski definition) is 0. The lowest BCUT2D eigenvalue weighted by Crippen LogP contribution is -2.39. The van der Waals surface area contributed by atoms with Crippen molar-refractivity contribution >= 4 is 32.3 Å². The van der Waals surface area contributed by atoms with Gasteiger partial charge in [0.05, 0.1) is 23.7 Å². The van der Waals surface area contributed by atoms with Crippen molar-refractivity contribution < 1.29 is 12.8 Å². The third kappa shape index (κ3) is 3.42. The molecule has 0 saturated carbocycles. The van der Waals surface area contributed by atoms with Crippen LogP contribution in [0.3, 0.4) is 0 Å². The molecule has 1 fully saturated rings. The molecule has 1 aliphatic heterocycles. The van der Waals surface area contributed by atoms with Crippen molar-refractivity contribution in [1.82, 2.24) is 9.47 Å². The molecule has 8 heteroatoms. The minimum atomic E-state index is -3.00. The molecule has 4 rings (SSSR count). The maximum atomic E-state index is 12.3. The van der Waals surface area contributed by atoms with Gasteiger partial charge in [-0.2, -0.15) is 0 Å². The van der Waals surface area contributed by atoms with Gasteiger partial charge < -0.3 is 4.42 Å². The fourth-order valence-electron chi connectivity index (χ4n) is 3.29. The van der Waals surface area contributed by atoms with Crippen molar-refractivity contribution in [2.45, 2.75) is 25.7 Å². The quantitative estimate of drug-likeness (QED) is 0.681. The molecule has 3 aromatic rings. The number of sulfone groups is 1. The molecule has 3 heterocycles. The molecule has 0 unspecified atom stereocenters. The molecule has 1 aliphatic rings. The predicted molar refractivity (Wildman–Crippen MR) is 97.4 cm³/mol. The smallest absolute Gasteiger partial charge is 0.408 e. The van der Waals surface area contributed by atoms with Crippen LogP contribution >= 0.6 is 11.3 Å². The van der Waals surface area contributed by atoms with E-state index in [9.17, 15) is 13.2 Å². The van der Waals surface area contributed by atoms with Crippen LogP contribution in [-0.4, -0.2) is 35.4 Å². The first-order chi connectivity index (χ1) is 12.0. The van der Waals surface area contributed by atoms with Gasteiger partial charge in [-0.25, -0.2) is 13.2 Å². The van der Waals surface area contributed by atoms with E-state index in [0.717, 1.165) is 10.4 Å². The average Bonchev–Trinajstić information content (AvgIpc) is 3.27. The van der Waals surface area contributed by atoms with E-state index < -0.39 is 15.6 Å². The number of aromatic nitrogens is 1. The largest absolute Gasteiger partial charge is 0.421 e. The van der Waals surface area contributed by atoms with E-state index in [1.165, 1.54) is 0 Å². The highest BCUT2D eigenvalue weighted by molar-refractivity contribution is 7.91. The number of rotatable bonds is 5. The van der Waals surface area contributed by atoms with Crippen molar-refractivity contribution in [3.05, 3.63) is 57.2 Å². The zero-order chi connectivity index (χ0) is 17.4. The molecule has 1 saturated heterocycles. The maximum absolute atomic E-state index is 12.3. The Morgan fingerprint density at radius 3 is 2.80 bits per heavy atom. The van der Waals surface area contributed by atoms with E-state index in [1.807, 2.05) is 35.7 Å². The Kier molecular flexibility index (Phi) is 4.26. The molecule has 0 bridgehead atoms. The molecule has 0 radical (unpaired) electrons. The zero-order valence-corrected chi connectivity index (χ0v) is 15.1. The Labute approximate surface area is 149 Å². The fourth-order valence-corrected chi connectivity index (χ4v) is 5.78. The summed E-state index contributed by atoms with van der Waals surface area (Å²) >= 11 is 1.63. The molecule has 2 aromatic heterocycles. The highest BCUT2D eigenvalue weighted by Gasteiger charge is 2.33. The first-order valence-corrected chi connectivity index (χ1v) is 10.8. The Balaban J connectivity index is 1.68. The Bertz CT molecular complexity index is 1030. The second-order valence-corrected chi connectivity index (χ2v) is 9.55. The molecule has 0 amide bonds. The highest BCUT2D eigenvalue weighted by Crippen LogP contribution is 2.23. The normalized spacial score (nSPS) is 19.8. The maximum Gasteiger partial charge on any atom is 0.421 e. The zero-order valence-electron chi connectivity index (χ0n) is 13.5. The summed E-state index contributed by atoms with van der Waals surface area (Å²) in [5.74, 6) is -0.0685. The molecular formula is C17H18N2O4S2. The van der Waals surface area contributed by atoms with Crippen LogP contribution in [0.4, 0.5) is 0 Å². The van der Waals surface area contributed by atoms with Gasteiger partial charge in [-0.05, 0) is 30.0 Å². The van der Waals surface area contributed by atoms with Gasteiger partial charge in [-0.15, -0.1) is 11.3 Å². The second kappa shape index (κ2) is 6.44. The van der Waals surface area contributed by atoms with E-state index in [0.29, 0.717) is 25.2 Å². The summed E-state index contributed by atoms with van der Waals surface area (Å²) in [6.07, 6.45) is 0.595. The first-order valence-electron chi connectivity index (χ1n) is 8.07.